The second-order valence-electron chi connectivity index (χ2n) is 4.69. The van der Waals surface area contributed by atoms with Crippen molar-refractivity contribution >= 4 is 29.4 Å². The average molecular weight is 332 g/mol. The lowest BCUT2D eigenvalue weighted by Crippen LogP contribution is -2.08. The maximum absolute atomic E-state index is 11.9. The highest BCUT2D eigenvalue weighted by Crippen LogP contribution is 2.21. The van der Waals surface area contributed by atoms with Gasteiger partial charge in [0.2, 0.25) is 6.41 Å². The van der Waals surface area contributed by atoms with Crippen LogP contribution in [-0.2, 0) is 30.5 Å². The first kappa shape index (κ1) is 19.1. The van der Waals surface area contributed by atoms with Crippen LogP contribution in [-0.4, -0.2) is 38.0 Å². The summed E-state index contributed by atoms with van der Waals surface area (Å²) in [7, 11) is 2.75. The zero-order valence-electron chi connectivity index (χ0n) is 14.1. The van der Waals surface area contributed by atoms with Crippen molar-refractivity contribution < 1.29 is 23.9 Å². The van der Waals surface area contributed by atoms with E-state index in [0.717, 1.165) is 5.56 Å². The predicted octanol–water partition coefficient (Wildman–Crippen LogP) is 2.36. The molecule has 0 saturated heterocycles. The molecular weight excluding hydrogens is 312 g/mol. The molecular formula is C17H20N2O5. The predicted molar refractivity (Wildman–Crippen MR) is 90.5 cm³/mol. The summed E-state index contributed by atoms with van der Waals surface area (Å²) in [6.07, 6.45) is 1.77. The number of hydrogen-bond acceptors (Lipinski definition) is 6. The number of hydrogen-bond donors (Lipinski definition) is 0. The maximum atomic E-state index is 11.9. The highest BCUT2D eigenvalue weighted by atomic mass is 16.6. The van der Waals surface area contributed by atoms with E-state index < -0.39 is 5.97 Å². The molecule has 1 aromatic rings. The highest BCUT2D eigenvalue weighted by molar-refractivity contribution is 6.41. The van der Waals surface area contributed by atoms with Crippen LogP contribution in [0.4, 0.5) is 0 Å². The van der Waals surface area contributed by atoms with Crippen LogP contribution in [0.1, 0.15) is 25.0 Å². The fraction of sp³-hybridized carbons (Fsp3) is 0.294. The summed E-state index contributed by atoms with van der Waals surface area (Å²) in [6, 6.07) is 7.18. The van der Waals surface area contributed by atoms with Crippen LogP contribution in [0.15, 0.2) is 40.7 Å². The van der Waals surface area contributed by atoms with Crippen molar-refractivity contribution in [2.75, 3.05) is 14.2 Å². The number of carbonyl (C=O) groups is 2. The summed E-state index contributed by atoms with van der Waals surface area (Å²) in [6.45, 7) is 3.46. The molecule has 1 rings (SSSR count). The van der Waals surface area contributed by atoms with Gasteiger partial charge in [0.25, 0.3) is 0 Å². The first-order chi connectivity index (χ1) is 11.5. The van der Waals surface area contributed by atoms with Gasteiger partial charge in [-0.25, -0.2) is 9.79 Å². The van der Waals surface area contributed by atoms with Crippen molar-refractivity contribution in [3.63, 3.8) is 0 Å². The van der Waals surface area contributed by atoms with E-state index in [-0.39, 0.29) is 12.2 Å². The molecule has 0 fully saturated rings. The third-order valence-corrected chi connectivity index (χ3v) is 3.14. The third kappa shape index (κ3) is 5.35. The van der Waals surface area contributed by atoms with Gasteiger partial charge in [-0.05, 0) is 19.4 Å². The van der Waals surface area contributed by atoms with Crippen molar-refractivity contribution in [1.29, 1.82) is 0 Å². The van der Waals surface area contributed by atoms with E-state index >= 15 is 0 Å². The molecule has 24 heavy (non-hydrogen) atoms. The molecule has 7 nitrogen and oxygen atoms in total. The van der Waals surface area contributed by atoms with Crippen LogP contribution in [0.5, 0.6) is 0 Å². The van der Waals surface area contributed by atoms with Gasteiger partial charge >= 0.3 is 5.97 Å². The molecule has 1 amide bonds. The van der Waals surface area contributed by atoms with Gasteiger partial charge in [-0.3, -0.25) is 4.79 Å². The Labute approximate surface area is 140 Å². The Kier molecular flexibility index (Phi) is 7.90. The van der Waals surface area contributed by atoms with Gasteiger partial charge < -0.3 is 14.3 Å². The van der Waals surface area contributed by atoms with Gasteiger partial charge in [-0.2, -0.15) is 0 Å². The molecule has 0 bridgehead atoms. The minimum atomic E-state index is -0.516. The first-order valence-electron chi connectivity index (χ1n) is 7.09. The summed E-state index contributed by atoms with van der Waals surface area (Å²) in [4.78, 5) is 31.1. The minimum absolute atomic E-state index is 0.125. The molecule has 0 atom stereocenters. The molecule has 0 unspecified atom stereocenters. The van der Waals surface area contributed by atoms with Crippen LogP contribution in [0.3, 0.4) is 0 Å². The van der Waals surface area contributed by atoms with Crippen LogP contribution in [0.2, 0.25) is 0 Å². The molecule has 0 aromatic heterocycles. The second-order valence-corrected chi connectivity index (χ2v) is 4.69. The monoisotopic (exact) mass is 332 g/mol. The lowest BCUT2D eigenvalue weighted by Gasteiger charge is -2.11. The molecule has 0 aliphatic rings. The van der Waals surface area contributed by atoms with Crippen LogP contribution in [0.25, 0.3) is 5.57 Å². The van der Waals surface area contributed by atoms with Gasteiger partial charge in [0.05, 0.1) is 31.9 Å². The number of aliphatic imine (C=N–C) groups is 1. The normalized spacial score (nSPS) is 12.6. The van der Waals surface area contributed by atoms with E-state index in [9.17, 15) is 9.59 Å². The Bertz CT molecular complexity index is 677. The van der Waals surface area contributed by atoms with Crippen molar-refractivity contribution in [3.8, 4) is 0 Å². The highest BCUT2D eigenvalue weighted by Gasteiger charge is 2.16. The molecule has 0 aliphatic carbocycles. The van der Waals surface area contributed by atoms with Gasteiger partial charge in [0.1, 0.15) is 12.2 Å². The van der Waals surface area contributed by atoms with Crippen molar-refractivity contribution in [1.82, 2.24) is 0 Å². The number of amides is 1. The van der Waals surface area contributed by atoms with Crippen LogP contribution >= 0.6 is 0 Å². The summed E-state index contributed by atoms with van der Waals surface area (Å²) in [5.74, 6) is -0.516. The topological polar surface area (TPSA) is 86.6 Å². The van der Waals surface area contributed by atoms with E-state index in [1.165, 1.54) is 20.5 Å². The summed E-state index contributed by atoms with van der Waals surface area (Å²) >= 11 is 0. The number of methoxy groups -OCH3 is 2. The van der Waals surface area contributed by atoms with Crippen molar-refractivity contribution in [3.05, 3.63) is 41.7 Å². The Balaban J connectivity index is 3.01. The maximum Gasteiger partial charge on any atom is 0.341 e. The largest absolute Gasteiger partial charge is 0.503 e. The number of rotatable bonds is 8. The lowest BCUT2D eigenvalue weighted by atomic mass is 10.0. The number of oxime groups is 1. The molecule has 1 aromatic carbocycles. The van der Waals surface area contributed by atoms with E-state index in [1.807, 2.05) is 6.07 Å². The fourth-order valence-corrected chi connectivity index (χ4v) is 1.80. The molecule has 0 aliphatic heterocycles. The van der Waals surface area contributed by atoms with E-state index in [0.29, 0.717) is 23.4 Å². The number of nitrogens with zero attached hydrogens (tertiary/aromatic N) is 2. The van der Waals surface area contributed by atoms with E-state index in [4.69, 9.17) is 14.3 Å². The van der Waals surface area contributed by atoms with Crippen molar-refractivity contribution in [2.45, 2.75) is 20.5 Å². The Hall–Kier alpha value is -2.96. The zero-order valence-corrected chi connectivity index (χ0v) is 14.1. The van der Waals surface area contributed by atoms with Crippen LogP contribution in [0, 0.1) is 0 Å². The van der Waals surface area contributed by atoms with Gasteiger partial charge in [0.15, 0.2) is 0 Å². The fourth-order valence-electron chi connectivity index (χ4n) is 1.80. The molecule has 128 valence electrons. The second kappa shape index (κ2) is 9.94. The molecule has 0 N–H and O–H groups in total. The average Bonchev–Trinajstić information content (AvgIpc) is 2.59. The molecule has 0 saturated carbocycles. The number of ether oxygens (including phenoxy) is 2. The van der Waals surface area contributed by atoms with Crippen LogP contribution < -0.4 is 0 Å². The van der Waals surface area contributed by atoms with E-state index in [2.05, 4.69) is 10.1 Å². The summed E-state index contributed by atoms with van der Waals surface area (Å²) in [5, 5.41) is 3.91. The first-order valence-corrected chi connectivity index (χ1v) is 7.09. The number of benzene rings is 1. The van der Waals surface area contributed by atoms with E-state index in [1.54, 1.807) is 32.0 Å². The SMILES string of the molecule is CO/C=C(/C(=O)OC)c1ccccc1CO/N=C(/C)C(C)=NC=O. The summed E-state index contributed by atoms with van der Waals surface area (Å²) < 4.78 is 9.73. The molecule has 0 spiro atoms. The molecule has 0 radical (unpaired) electrons. The quantitative estimate of drug-likeness (QED) is 0.182. The standard InChI is InChI=1S/C17H20N2O5/c1-12(18-11-20)13(2)19-24-9-14-7-5-6-8-15(14)16(10-22-3)17(21)23-4/h5-8,10-11H,9H2,1-4H3/b16-10+,18-12?,19-13-. The minimum Gasteiger partial charge on any atom is -0.503 e. The number of esters is 1. The summed E-state index contributed by atoms with van der Waals surface area (Å²) in [5.41, 5.74) is 2.58. The smallest absolute Gasteiger partial charge is 0.341 e. The van der Waals surface area contributed by atoms with Crippen molar-refractivity contribution in [2.24, 2.45) is 10.1 Å². The lowest BCUT2D eigenvalue weighted by molar-refractivity contribution is -0.133. The Morgan fingerprint density at radius 3 is 2.50 bits per heavy atom. The molecule has 7 heteroatoms. The third-order valence-electron chi connectivity index (χ3n) is 3.14. The van der Waals surface area contributed by atoms with Gasteiger partial charge in [0, 0.05) is 5.56 Å². The Morgan fingerprint density at radius 1 is 1.17 bits per heavy atom. The van der Waals surface area contributed by atoms with Gasteiger partial charge in [-0.1, -0.05) is 29.4 Å². The number of carbonyl (C=O) groups excluding carboxylic acids is 2. The zero-order chi connectivity index (χ0) is 17.9. The Morgan fingerprint density at radius 2 is 1.88 bits per heavy atom. The molecule has 0 heterocycles. The van der Waals surface area contributed by atoms with Gasteiger partial charge in [-0.15, -0.1) is 0 Å².